The molecule has 3 heteroatoms. The maximum atomic E-state index is 5.87. The molecule has 0 nitrogen and oxygen atoms in total. The van der Waals surface area contributed by atoms with Crippen LogP contribution in [0, 0.1) is 0 Å². The van der Waals surface area contributed by atoms with Crippen molar-refractivity contribution in [2.45, 2.75) is 19.4 Å². The van der Waals surface area contributed by atoms with Gasteiger partial charge in [0.2, 0.25) is 0 Å². The molecular formula is C5H8Cl2Si. The maximum absolute atomic E-state index is 5.87. The van der Waals surface area contributed by atoms with Crippen molar-refractivity contribution in [3.63, 3.8) is 0 Å². The summed E-state index contributed by atoms with van der Waals surface area (Å²) >= 11 is 11.7. The summed E-state index contributed by atoms with van der Waals surface area (Å²) in [6, 6.07) is 0. The van der Waals surface area contributed by atoms with Crippen molar-refractivity contribution in [2.75, 3.05) is 0 Å². The summed E-state index contributed by atoms with van der Waals surface area (Å²) in [6.07, 6.45) is 4.46. The number of allylic oxidation sites excluding steroid dienone is 2. The van der Waals surface area contributed by atoms with Gasteiger partial charge in [0.1, 0.15) is 0 Å². The monoisotopic (exact) mass is 166 g/mol. The van der Waals surface area contributed by atoms with E-state index < -0.39 is 6.69 Å². The fraction of sp³-hybridized carbons (Fsp3) is 0.600. The van der Waals surface area contributed by atoms with Crippen LogP contribution in [-0.4, -0.2) is 6.69 Å². The Hall–Kier alpha value is 0.537. The molecule has 0 aromatic carbocycles. The number of hydrogen-bond acceptors (Lipinski definition) is 0. The highest BCUT2D eigenvalue weighted by Crippen LogP contribution is 2.33. The summed E-state index contributed by atoms with van der Waals surface area (Å²) in [5, 5.41) is 1.31. The normalized spacial score (nSPS) is 19.6. The van der Waals surface area contributed by atoms with E-state index in [9.17, 15) is 0 Å². The van der Waals surface area contributed by atoms with Crippen LogP contribution in [0.1, 0.15) is 12.8 Å². The van der Waals surface area contributed by atoms with E-state index in [1.165, 1.54) is 11.6 Å². The molecule has 8 heavy (non-hydrogen) atoms. The summed E-state index contributed by atoms with van der Waals surface area (Å²) in [5.41, 5.74) is 0. The molecule has 1 rings (SSSR count). The quantitative estimate of drug-likeness (QED) is 0.416. The van der Waals surface area contributed by atoms with Crippen LogP contribution in [0.15, 0.2) is 11.3 Å². The van der Waals surface area contributed by atoms with Gasteiger partial charge in [-0.15, -0.1) is 22.2 Å². The van der Waals surface area contributed by atoms with Gasteiger partial charge in [-0.3, -0.25) is 0 Å². The topological polar surface area (TPSA) is 0 Å². The van der Waals surface area contributed by atoms with Gasteiger partial charge in [0.15, 0.2) is 0 Å². The fourth-order valence-corrected chi connectivity index (χ4v) is 2.80. The lowest BCUT2D eigenvalue weighted by molar-refractivity contribution is 0.930. The number of rotatable bonds is 1. The molecule has 0 aromatic heterocycles. The Kier molecular flexibility index (Phi) is 1.70. The summed E-state index contributed by atoms with van der Waals surface area (Å²) in [7, 11) is 0. The standard InChI is InChI=1S/C5H8Cl2Si/c1-8(6,7)5-3-2-4-5/h3H,2,4H2,1H3. The minimum absolute atomic E-state index is 1.13. The van der Waals surface area contributed by atoms with E-state index in [0.717, 1.165) is 6.42 Å². The smallest absolute Gasteiger partial charge is 0.140 e. The Labute approximate surface area is 59.9 Å². The molecule has 0 spiro atoms. The summed E-state index contributed by atoms with van der Waals surface area (Å²) in [5.74, 6) is 0. The van der Waals surface area contributed by atoms with Crippen LogP contribution < -0.4 is 0 Å². The van der Waals surface area contributed by atoms with Crippen LogP contribution in [0.4, 0.5) is 0 Å². The molecule has 0 fully saturated rings. The third-order valence-electron chi connectivity index (χ3n) is 1.37. The minimum Gasteiger partial charge on any atom is -0.140 e. The summed E-state index contributed by atoms with van der Waals surface area (Å²) in [6.45, 7) is 0.0773. The molecule has 0 bridgehead atoms. The Morgan fingerprint density at radius 3 is 2.12 bits per heavy atom. The molecule has 0 saturated carbocycles. The molecule has 1 aliphatic rings. The molecule has 0 N–H and O–H groups in total. The third kappa shape index (κ3) is 1.28. The highest BCUT2D eigenvalue weighted by molar-refractivity contribution is 7.48. The lowest BCUT2D eigenvalue weighted by Gasteiger charge is -2.21. The predicted molar refractivity (Wildman–Crippen MR) is 40.6 cm³/mol. The van der Waals surface area contributed by atoms with Crippen molar-refractivity contribution in [3.8, 4) is 0 Å². The van der Waals surface area contributed by atoms with Gasteiger partial charge >= 0.3 is 0 Å². The van der Waals surface area contributed by atoms with Gasteiger partial charge in [0.25, 0.3) is 6.69 Å². The Morgan fingerprint density at radius 1 is 1.62 bits per heavy atom. The average Bonchev–Trinajstić information content (AvgIpc) is 1.16. The summed E-state index contributed by atoms with van der Waals surface area (Å²) < 4.78 is 0. The number of hydrogen-bond donors (Lipinski definition) is 0. The van der Waals surface area contributed by atoms with Crippen LogP contribution in [-0.2, 0) is 0 Å². The second kappa shape index (κ2) is 2.05. The SMILES string of the molecule is C[Si](Cl)(Cl)C1=CCC1. The molecule has 0 saturated heterocycles. The van der Waals surface area contributed by atoms with Crippen LogP contribution in [0.2, 0.25) is 6.55 Å². The van der Waals surface area contributed by atoms with Crippen molar-refractivity contribution < 1.29 is 0 Å². The molecule has 0 aliphatic heterocycles. The van der Waals surface area contributed by atoms with E-state index in [1.54, 1.807) is 0 Å². The Balaban J connectivity index is 2.59. The van der Waals surface area contributed by atoms with Crippen molar-refractivity contribution in [1.29, 1.82) is 0 Å². The Morgan fingerprint density at radius 2 is 2.12 bits per heavy atom. The van der Waals surface area contributed by atoms with E-state index in [0.29, 0.717) is 0 Å². The molecular weight excluding hydrogens is 159 g/mol. The van der Waals surface area contributed by atoms with Gasteiger partial charge in [-0.25, -0.2) is 0 Å². The zero-order valence-electron chi connectivity index (χ0n) is 4.75. The van der Waals surface area contributed by atoms with Gasteiger partial charge < -0.3 is 0 Å². The highest BCUT2D eigenvalue weighted by Gasteiger charge is 2.29. The first-order chi connectivity index (χ1) is 3.61. The lowest BCUT2D eigenvalue weighted by Crippen LogP contribution is -2.21. The van der Waals surface area contributed by atoms with Crippen molar-refractivity contribution in [1.82, 2.24) is 0 Å². The van der Waals surface area contributed by atoms with E-state index in [2.05, 4.69) is 6.08 Å². The molecule has 0 amide bonds. The average molecular weight is 167 g/mol. The molecule has 0 atom stereocenters. The van der Waals surface area contributed by atoms with Crippen LogP contribution >= 0.6 is 22.2 Å². The van der Waals surface area contributed by atoms with Crippen LogP contribution in [0.3, 0.4) is 0 Å². The van der Waals surface area contributed by atoms with E-state index >= 15 is 0 Å². The first-order valence-corrected chi connectivity index (χ1v) is 7.20. The second-order valence-corrected chi connectivity index (χ2v) is 9.69. The Bertz CT molecular complexity index is 123. The van der Waals surface area contributed by atoms with Crippen LogP contribution in [0.5, 0.6) is 0 Å². The molecule has 46 valence electrons. The van der Waals surface area contributed by atoms with Gasteiger partial charge in [0, 0.05) is 0 Å². The van der Waals surface area contributed by atoms with Crippen molar-refractivity contribution in [3.05, 3.63) is 11.3 Å². The summed E-state index contributed by atoms with van der Waals surface area (Å²) in [4.78, 5) is 0. The van der Waals surface area contributed by atoms with Gasteiger partial charge in [-0.2, -0.15) is 0 Å². The highest BCUT2D eigenvalue weighted by atomic mass is 35.7. The van der Waals surface area contributed by atoms with Gasteiger partial charge in [0.05, 0.1) is 0 Å². The second-order valence-electron chi connectivity index (χ2n) is 2.16. The van der Waals surface area contributed by atoms with Gasteiger partial charge in [-0.05, 0) is 19.4 Å². The van der Waals surface area contributed by atoms with E-state index in [1.807, 2.05) is 6.55 Å². The van der Waals surface area contributed by atoms with Crippen LogP contribution in [0.25, 0.3) is 0 Å². The first kappa shape index (κ1) is 6.65. The number of halogens is 2. The molecule has 1 aliphatic carbocycles. The molecule has 0 aromatic rings. The third-order valence-corrected chi connectivity index (χ3v) is 4.41. The molecule has 0 radical (unpaired) electrons. The maximum Gasteiger partial charge on any atom is 0.273 e. The zero-order valence-corrected chi connectivity index (χ0v) is 7.26. The molecule has 0 heterocycles. The molecule has 0 unspecified atom stereocenters. The lowest BCUT2D eigenvalue weighted by atomic mass is 10.1. The predicted octanol–water partition coefficient (Wildman–Crippen LogP) is 2.80. The van der Waals surface area contributed by atoms with Gasteiger partial charge in [-0.1, -0.05) is 11.3 Å². The van der Waals surface area contributed by atoms with E-state index in [4.69, 9.17) is 22.2 Å². The largest absolute Gasteiger partial charge is 0.273 e. The van der Waals surface area contributed by atoms with E-state index in [-0.39, 0.29) is 0 Å². The van der Waals surface area contributed by atoms with Crippen molar-refractivity contribution >= 4 is 28.9 Å². The minimum atomic E-state index is -1.87. The first-order valence-electron chi connectivity index (χ1n) is 2.68. The zero-order chi connectivity index (χ0) is 6.20. The van der Waals surface area contributed by atoms with Crippen molar-refractivity contribution in [2.24, 2.45) is 0 Å². The fourth-order valence-electron chi connectivity index (χ4n) is 0.687.